The molecule has 0 saturated heterocycles. The highest BCUT2D eigenvalue weighted by molar-refractivity contribution is 5.94. The molecule has 2 rings (SSSR count). The number of amides is 1. The fraction of sp³-hybridized carbons (Fsp3) is 0.417. The van der Waals surface area contributed by atoms with Gasteiger partial charge in [0.1, 0.15) is 5.67 Å². The first kappa shape index (κ1) is 13.8. The molecule has 1 amide bonds. The monoisotopic (exact) mass is 276 g/mol. The van der Waals surface area contributed by atoms with E-state index >= 15 is 0 Å². The zero-order chi connectivity index (χ0) is 14.3. The predicted octanol–water partition coefficient (Wildman–Crippen LogP) is 2.44. The van der Waals surface area contributed by atoms with Crippen LogP contribution in [0.15, 0.2) is 30.3 Å². The molecule has 3 nitrogen and oxygen atoms in total. The van der Waals surface area contributed by atoms with E-state index in [-0.39, 0.29) is 23.4 Å². The maximum Gasteiger partial charge on any atom is 0.413 e. The average Bonchev–Trinajstić information content (AvgIpc) is 3.06. The van der Waals surface area contributed by atoms with E-state index in [9.17, 15) is 22.4 Å². The lowest BCUT2D eigenvalue weighted by atomic mass is 10.1. The van der Waals surface area contributed by atoms with Crippen LogP contribution in [0, 0.1) is 0 Å². The van der Waals surface area contributed by atoms with Gasteiger partial charge in [0.2, 0.25) is 0 Å². The van der Waals surface area contributed by atoms with Gasteiger partial charge < -0.3 is 0 Å². The highest BCUT2D eigenvalue weighted by Gasteiger charge is 2.64. The minimum atomic E-state index is -4.90. The molecular weight excluding hydrogens is 264 g/mol. The molecule has 1 aromatic rings. The Labute approximate surface area is 107 Å². The van der Waals surface area contributed by atoms with Crippen molar-refractivity contribution in [2.75, 3.05) is 0 Å². The summed E-state index contributed by atoms with van der Waals surface area (Å²) in [6.45, 7) is 0. The summed E-state index contributed by atoms with van der Waals surface area (Å²) in [6.07, 6.45) is -5.38. The number of carbonyl (C=O) groups excluding carboxylic acids is 1. The molecule has 7 heteroatoms. The average molecular weight is 276 g/mol. The van der Waals surface area contributed by atoms with E-state index in [2.05, 4.69) is 0 Å². The fourth-order valence-electron chi connectivity index (χ4n) is 1.94. The smallest absolute Gasteiger partial charge is 0.268 e. The van der Waals surface area contributed by atoms with E-state index in [4.69, 9.17) is 5.84 Å². The van der Waals surface area contributed by atoms with Crippen LogP contribution in [0.2, 0.25) is 0 Å². The fourth-order valence-corrected chi connectivity index (χ4v) is 1.94. The molecule has 1 saturated carbocycles. The maximum atomic E-state index is 13.8. The van der Waals surface area contributed by atoms with Crippen LogP contribution in [-0.2, 0) is 0 Å². The van der Waals surface area contributed by atoms with Crippen LogP contribution < -0.4 is 5.84 Å². The molecule has 1 aromatic carbocycles. The van der Waals surface area contributed by atoms with Gasteiger partial charge in [0.25, 0.3) is 5.91 Å². The summed E-state index contributed by atoms with van der Waals surface area (Å²) in [5.41, 5.74) is -2.47. The lowest BCUT2D eigenvalue weighted by Gasteiger charge is -2.31. The first-order valence-corrected chi connectivity index (χ1v) is 5.65. The van der Waals surface area contributed by atoms with Crippen LogP contribution in [-0.4, -0.2) is 28.8 Å². The molecule has 0 bridgehead atoms. The molecule has 0 aromatic heterocycles. The van der Waals surface area contributed by atoms with Crippen molar-refractivity contribution >= 4 is 5.91 Å². The summed E-state index contributed by atoms with van der Waals surface area (Å²) in [4.78, 5) is 11.8. The Hall–Kier alpha value is -1.63. The third kappa shape index (κ3) is 2.70. The number of hydrazine groups is 1. The summed E-state index contributed by atoms with van der Waals surface area (Å²) < 4.78 is 52.4. The minimum Gasteiger partial charge on any atom is -0.268 e. The zero-order valence-electron chi connectivity index (χ0n) is 9.82. The second-order valence-corrected chi connectivity index (χ2v) is 4.56. The van der Waals surface area contributed by atoms with E-state index in [1.165, 1.54) is 24.3 Å². The van der Waals surface area contributed by atoms with E-state index in [0.717, 1.165) is 0 Å². The van der Waals surface area contributed by atoms with Crippen molar-refractivity contribution in [2.24, 2.45) is 5.84 Å². The minimum absolute atomic E-state index is 0.0106. The maximum absolute atomic E-state index is 13.8. The van der Waals surface area contributed by atoms with Gasteiger partial charge in [-0.25, -0.2) is 10.2 Å². The lowest BCUT2D eigenvalue weighted by Crippen LogP contribution is -2.58. The first-order valence-electron chi connectivity index (χ1n) is 5.65. The van der Waals surface area contributed by atoms with Gasteiger partial charge in [0.15, 0.2) is 6.04 Å². The van der Waals surface area contributed by atoms with Crippen LogP contribution in [0.5, 0.6) is 0 Å². The molecular formula is C12H12F4N2O. The number of carbonyl (C=O) groups is 1. The largest absolute Gasteiger partial charge is 0.413 e. The number of hydrogen-bond acceptors (Lipinski definition) is 2. The SMILES string of the molecule is NN(C(=O)c1ccccc1)C(C(F)(F)F)C1(F)CC1. The van der Waals surface area contributed by atoms with E-state index in [1.807, 2.05) is 0 Å². The summed E-state index contributed by atoms with van der Waals surface area (Å²) in [5, 5.41) is -0.0394. The normalized spacial score (nSPS) is 18.8. The van der Waals surface area contributed by atoms with Gasteiger partial charge in [0, 0.05) is 5.56 Å². The Bertz CT molecular complexity index is 465. The predicted molar refractivity (Wildman–Crippen MR) is 59.7 cm³/mol. The number of hydrogen-bond donors (Lipinski definition) is 1. The highest BCUT2D eigenvalue weighted by Crippen LogP contribution is 2.49. The van der Waals surface area contributed by atoms with Crippen LogP contribution in [0.1, 0.15) is 23.2 Å². The molecule has 1 atom stereocenters. The molecule has 0 heterocycles. The number of nitrogens with two attached hydrogens (primary N) is 1. The van der Waals surface area contributed by atoms with Crippen molar-refractivity contribution < 1.29 is 22.4 Å². The molecule has 0 aliphatic heterocycles. The van der Waals surface area contributed by atoms with Gasteiger partial charge >= 0.3 is 6.18 Å². The van der Waals surface area contributed by atoms with Crippen LogP contribution in [0.25, 0.3) is 0 Å². The summed E-state index contributed by atoms with van der Waals surface area (Å²) >= 11 is 0. The zero-order valence-corrected chi connectivity index (χ0v) is 9.82. The third-order valence-electron chi connectivity index (χ3n) is 3.06. The number of alkyl halides is 4. The molecule has 1 aliphatic rings. The van der Waals surface area contributed by atoms with Gasteiger partial charge in [-0.3, -0.25) is 9.80 Å². The van der Waals surface area contributed by atoms with Gasteiger partial charge in [-0.2, -0.15) is 13.2 Å². The van der Waals surface area contributed by atoms with E-state index in [0.29, 0.717) is 0 Å². The van der Waals surface area contributed by atoms with Crippen LogP contribution >= 0.6 is 0 Å². The van der Waals surface area contributed by atoms with Crippen molar-refractivity contribution in [1.82, 2.24) is 5.01 Å². The van der Waals surface area contributed by atoms with Crippen molar-refractivity contribution in [3.05, 3.63) is 35.9 Å². The van der Waals surface area contributed by atoms with Crippen LogP contribution in [0.4, 0.5) is 17.6 Å². The Morgan fingerprint density at radius 3 is 2.21 bits per heavy atom. The van der Waals surface area contributed by atoms with Gasteiger partial charge in [-0.05, 0) is 25.0 Å². The molecule has 1 fully saturated rings. The molecule has 1 aliphatic carbocycles. The van der Waals surface area contributed by atoms with Gasteiger partial charge in [-0.15, -0.1) is 0 Å². The Morgan fingerprint density at radius 2 is 1.79 bits per heavy atom. The topological polar surface area (TPSA) is 46.3 Å². The Morgan fingerprint density at radius 1 is 1.26 bits per heavy atom. The molecule has 0 spiro atoms. The Balaban J connectivity index is 2.26. The standard InChI is InChI=1S/C12H12F4N2O/c13-11(6-7-11)10(12(14,15)16)18(17)9(19)8-4-2-1-3-5-8/h1-5,10H,6-7,17H2. The van der Waals surface area contributed by atoms with E-state index < -0.39 is 23.8 Å². The van der Waals surface area contributed by atoms with Crippen molar-refractivity contribution in [1.29, 1.82) is 0 Å². The van der Waals surface area contributed by atoms with Crippen LogP contribution in [0.3, 0.4) is 0 Å². The summed E-state index contributed by atoms with van der Waals surface area (Å²) in [7, 11) is 0. The summed E-state index contributed by atoms with van der Waals surface area (Å²) in [6, 6.07) is 4.64. The number of nitrogens with zero attached hydrogens (tertiary/aromatic N) is 1. The Kier molecular flexibility index (Phi) is 3.25. The van der Waals surface area contributed by atoms with E-state index in [1.54, 1.807) is 6.07 Å². The van der Waals surface area contributed by atoms with Crippen molar-refractivity contribution in [3.63, 3.8) is 0 Å². The first-order chi connectivity index (χ1) is 8.76. The summed E-state index contributed by atoms with van der Waals surface area (Å²) in [5.74, 6) is 4.18. The van der Waals surface area contributed by atoms with Gasteiger partial charge in [-0.1, -0.05) is 18.2 Å². The second kappa shape index (κ2) is 4.48. The highest BCUT2D eigenvalue weighted by atomic mass is 19.4. The van der Waals surface area contributed by atoms with Crippen molar-refractivity contribution in [3.8, 4) is 0 Å². The molecule has 19 heavy (non-hydrogen) atoms. The second-order valence-electron chi connectivity index (χ2n) is 4.56. The molecule has 104 valence electrons. The number of halogens is 4. The number of benzene rings is 1. The third-order valence-corrected chi connectivity index (χ3v) is 3.06. The lowest BCUT2D eigenvalue weighted by molar-refractivity contribution is -0.197. The molecule has 0 radical (unpaired) electrons. The number of rotatable bonds is 3. The molecule has 1 unspecified atom stereocenters. The van der Waals surface area contributed by atoms with Crippen molar-refractivity contribution in [2.45, 2.75) is 30.7 Å². The molecule has 2 N–H and O–H groups in total. The van der Waals surface area contributed by atoms with Gasteiger partial charge in [0.05, 0.1) is 0 Å². The quantitative estimate of drug-likeness (QED) is 0.399.